The third kappa shape index (κ3) is 5.65. The zero-order chi connectivity index (χ0) is 26.0. The Morgan fingerprint density at radius 3 is 2.33 bits per heavy atom. The van der Waals surface area contributed by atoms with Crippen LogP contribution in [0.25, 0.3) is 0 Å². The van der Waals surface area contributed by atoms with Crippen LogP contribution in [0.2, 0.25) is 0 Å². The van der Waals surface area contributed by atoms with E-state index in [2.05, 4.69) is 26.1 Å². The van der Waals surface area contributed by atoms with Crippen molar-refractivity contribution in [1.82, 2.24) is 15.1 Å². The molecule has 196 valence electrons. The second kappa shape index (κ2) is 10.7. The Morgan fingerprint density at radius 1 is 1.03 bits per heavy atom. The molecule has 1 aliphatic carbocycles. The summed E-state index contributed by atoms with van der Waals surface area (Å²) in [5.74, 6) is 0.0951. The Balaban J connectivity index is 1.24. The molecule has 2 heterocycles. The maximum atomic E-state index is 13.1. The summed E-state index contributed by atoms with van der Waals surface area (Å²) < 4.78 is 0. The van der Waals surface area contributed by atoms with Crippen LogP contribution in [0.4, 0.5) is 0 Å². The van der Waals surface area contributed by atoms with E-state index in [0.29, 0.717) is 37.9 Å². The first-order chi connectivity index (χ1) is 17.1. The van der Waals surface area contributed by atoms with Crippen molar-refractivity contribution in [3.63, 3.8) is 0 Å². The molecule has 1 aromatic rings. The molecule has 0 radical (unpaired) electrons. The van der Waals surface area contributed by atoms with Gasteiger partial charge in [0, 0.05) is 31.0 Å². The van der Waals surface area contributed by atoms with Crippen molar-refractivity contribution in [2.75, 3.05) is 19.6 Å². The summed E-state index contributed by atoms with van der Waals surface area (Å²) in [4.78, 5) is 54.8. The quantitative estimate of drug-likeness (QED) is 0.625. The second-order valence-corrected chi connectivity index (χ2v) is 12.0. The van der Waals surface area contributed by atoms with Gasteiger partial charge in [-0.2, -0.15) is 0 Å². The number of hydrogen-bond donors (Lipinski definition) is 1. The lowest BCUT2D eigenvalue weighted by molar-refractivity contribution is -0.137. The van der Waals surface area contributed by atoms with Gasteiger partial charge >= 0.3 is 0 Å². The Hall–Kier alpha value is -2.70. The lowest BCUT2D eigenvalue weighted by Gasteiger charge is -2.26. The highest BCUT2D eigenvalue weighted by Gasteiger charge is 2.52. The number of ketones is 1. The number of hydrogen-bond acceptors (Lipinski definition) is 4. The lowest BCUT2D eigenvalue weighted by Crippen LogP contribution is -2.44. The average Bonchev–Trinajstić information content (AvgIpc) is 3.57. The van der Waals surface area contributed by atoms with Gasteiger partial charge in [0.15, 0.2) is 5.78 Å². The van der Waals surface area contributed by atoms with Gasteiger partial charge in [-0.25, -0.2) is 0 Å². The summed E-state index contributed by atoms with van der Waals surface area (Å²) in [6, 6.07) is 7.05. The fourth-order valence-corrected chi connectivity index (χ4v) is 5.97. The number of rotatable bonds is 7. The molecule has 0 spiro atoms. The third-order valence-electron chi connectivity index (χ3n) is 8.19. The van der Waals surface area contributed by atoms with Crippen LogP contribution >= 0.6 is 0 Å². The van der Waals surface area contributed by atoms with Crippen molar-refractivity contribution >= 4 is 23.5 Å². The monoisotopic (exact) mass is 495 g/mol. The van der Waals surface area contributed by atoms with E-state index in [1.807, 2.05) is 31.2 Å². The average molecular weight is 496 g/mol. The second-order valence-electron chi connectivity index (χ2n) is 12.0. The van der Waals surface area contributed by atoms with Crippen molar-refractivity contribution in [2.24, 2.45) is 11.8 Å². The highest BCUT2D eigenvalue weighted by molar-refractivity contribution is 5.98. The number of fused-ring (bicyclic) bond motifs is 1. The Kier molecular flexibility index (Phi) is 7.86. The van der Waals surface area contributed by atoms with Crippen molar-refractivity contribution in [3.05, 3.63) is 35.4 Å². The molecule has 7 nitrogen and oxygen atoms in total. The molecule has 2 aliphatic heterocycles. The van der Waals surface area contributed by atoms with Gasteiger partial charge in [0.05, 0.1) is 12.6 Å². The van der Waals surface area contributed by atoms with Gasteiger partial charge in [0.1, 0.15) is 6.04 Å². The van der Waals surface area contributed by atoms with E-state index in [0.717, 1.165) is 25.7 Å². The maximum absolute atomic E-state index is 13.1. The van der Waals surface area contributed by atoms with E-state index in [-0.39, 0.29) is 53.3 Å². The summed E-state index contributed by atoms with van der Waals surface area (Å²) in [6.45, 7) is 9.59. The van der Waals surface area contributed by atoms with Gasteiger partial charge in [0.25, 0.3) is 5.91 Å². The largest absolute Gasteiger partial charge is 0.352 e. The van der Waals surface area contributed by atoms with Gasteiger partial charge in [-0.05, 0) is 54.7 Å². The first-order valence-electron chi connectivity index (χ1n) is 13.6. The minimum Gasteiger partial charge on any atom is -0.352 e. The highest BCUT2D eigenvalue weighted by Crippen LogP contribution is 2.35. The van der Waals surface area contributed by atoms with E-state index < -0.39 is 6.04 Å². The molecule has 1 N–H and O–H groups in total. The summed E-state index contributed by atoms with van der Waals surface area (Å²) >= 11 is 0. The molecule has 3 unspecified atom stereocenters. The predicted molar refractivity (Wildman–Crippen MR) is 138 cm³/mol. The standard InChI is InChI=1S/C29H41N3O4/c1-19(13-15-30-27(35)20-9-11-22(12-10-20)29(2,3)4)17-25(34)31-16-14-23-26(31)24(33)18-32(23)28(36)21-7-5-6-8-21/h9-12,19,21,23,26H,5-8,13-18H2,1-4H3,(H,30,35). The Bertz CT molecular complexity index is 991. The molecule has 4 rings (SSSR count). The van der Waals surface area contributed by atoms with Crippen LogP contribution in [0.1, 0.15) is 88.6 Å². The molecule has 3 amide bonds. The summed E-state index contributed by atoms with van der Waals surface area (Å²) in [7, 11) is 0. The molecule has 36 heavy (non-hydrogen) atoms. The van der Waals surface area contributed by atoms with Crippen molar-refractivity contribution in [1.29, 1.82) is 0 Å². The summed E-state index contributed by atoms with van der Waals surface area (Å²) in [5, 5.41) is 2.96. The lowest BCUT2D eigenvalue weighted by atomic mass is 9.87. The molecule has 7 heteroatoms. The van der Waals surface area contributed by atoms with Gasteiger partial charge < -0.3 is 15.1 Å². The zero-order valence-corrected chi connectivity index (χ0v) is 22.2. The molecule has 2 saturated heterocycles. The minimum atomic E-state index is -0.481. The Morgan fingerprint density at radius 2 is 1.69 bits per heavy atom. The van der Waals surface area contributed by atoms with E-state index >= 15 is 0 Å². The van der Waals surface area contributed by atoms with E-state index in [1.165, 1.54) is 5.56 Å². The van der Waals surface area contributed by atoms with Gasteiger partial charge in [-0.3, -0.25) is 19.2 Å². The van der Waals surface area contributed by atoms with Gasteiger partial charge in [-0.1, -0.05) is 52.7 Å². The minimum absolute atomic E-state index is 0.00501. The number of benzene rings is 1. The van der Waals surface area contributed by atoms with Crippen LogP contribution in [0, 0.1) is 11.8 Å². The topological polar surface area (TPSA) is 86.8 Å². The highest BCUT2D eigenvalue weighted by atomic mass is 16.2. The molecular formula is C29H41N3O4. The molecule has 1 saturated carbocycles. The fraction of sp³-hybridized carbons (Fsp3) is 0.655. The molecule has 3 aliphatic rings. The number of Topliss-reactive ketones (excluding diaryl/α,β-unsaturated/α-hetero) is 1. The van der Waals surface area contributed by atoms with Crippen LogP contribution < -0.4 is 5.32 Å². The van der Waals surface area contributed by atoms with Gasteiger partial charge in [-0.15, -0.1) is 0 Å². The zero-order valence-electron chi connectivity index (χ0n) is 22.2. The molecule has 3 fully saturated rings. The van der Waals surface area contributed by atoms with E-state index in [4.69, 9.17) is 0 Å². The van der Waals surface area contributed by atoms with Crippen LogP contribution in [0.15, 0.2) is 24.3 Å². The summed E-state index contributed by atoms with van der Waals surface area (Å²) in [5.41, 5.74) is 1.85. The Labute approximate surface area is 215 Å². The van der Waals surface area contributed by atoms with Crippen molar-refractivity contribution in [3.8, 4) is 0 Å². The molecule has 0 bridgehead atoms. The van der Waals surface area contributed by atoms with Crippen LogP contribution in [-0.4, -0.2) is 65.0 Å². The molecule has 3 atom stereocenters. The van der Waals surface area contributed by atoms with Gasteiger partial charge in [0.2, 0.25) is 11.8 Å². The van der Waals surface area contributed by atoms with Crippen LogP contribution in [0.3, 0.4) is 0 Å². The first-order valence-corrected chi connectivity index (χ1v) is 13.6. The summed E-state index contributed by atoms with van der Waals surface area (Å²) in [6.07, 6.45) is 5.69. The predicted octanol–water partition coefficient (Wildman–Crippen LogP) is 3.70. The van der Waals surface area contributed by atoms with E-state index in [1.54, 1.807) is 9.80 Å². The normalized spacial score (nSPS) is 23.2. The fourth-order valence-electron chi connectivity index (χ4n) is 5.97. The number of nitrogens with one attached hydrogen (secondary N) is 1. The number of carbonyl (C=O) groups excluding carboxylic acids is 4. The number of nitrogens with zero attached hydrogens (tertiary/aromatic N) is 2. The number of carbonyl (C=O) groups is 4. The van der Waals surface area contributed by atoms with Crippen molar-refractivity contribution < 1.29 is 19.2 Å². The molecular weight excluding hydrogens is 454 g/mol. The number of likely N-dealkylation sites (tertiary alicyclic amines) is 2. The SMILES string of the molecule is CC(CCNC(=O)c1ccc(C(C)(C)C)cc1)CC(=O)N1CCC2C1C(=O)CN2C(=O)C1CCCC1. The van der Waals surface area contributed by atoms with E-state index in [9.17, 15) is 19.2 Å². The smallest absolute Gasteiger partial charge is 0.251 e. The van der Waals surface area contributed by atoms with Crippen molar-refractivity contribution in [2.45, 2.75) is 90.1 Å². The third-order valence-corrected chi connectivity index (χ3v) is 8.19. The first kappa shape index (κ1) is 26.4. The number of amides is 3. The molecule has 1 aromatic carbocycles. The van der Waals surface area contributed by atoms with Crippen LogP contribution in [-0.2, 0) is 19.8 Å². The molecule has 0 aromatic heterocycles. The maximum Gasteiger partial charge on any atom is 0.251 e. The van der Waals surface area contributed by atoms with Crippen LogP contribution in [0.5, 0.6) is 0 Å².